The van der Waals surface area contributed by atoms with E-state index in [9.17, 15) is 28.1 Å². The smallest absolute Gasteiger partial charge is 0.305 e. The highest BCUT2D eigenvalue weighted by atomic mass is 32.2. The SMILES string of the molecule is CCCc1nn(C)c2c(=O)[nH]c(-c3cc(S(=O)(=O)N4CC(CCCOC(=O)CCCCC(CC)O[N+](=O)[O-])C4)ccc3OCC)nc12. The van der Waals surface area contributed by atoms with Gasteiger partial charge in [-0.1, -0.05) is 26.7 Å². The molecule has 15 nitrogen and oxygen atoms in total. The number of hydrogen-bond acceptors (Lipinski definition) is 11. The lowest BCUT2D eigenvalue weighted by molar-refractivity contribution is -0.768. The molecule has 47 heavy (non-hydrogen) atoms. The van der Waals surface area contributed by atoms with Crippen molar-refractivity contribution < 1.29 is 32.6 Å². The minimum absolute atomic E-state index is 0.0706. The number of aromatic amines is 1. The molecular formula is C31H44N6O9S. The maximum Gasteiger partial charge on any atom is 0.305 e. The maximum atomic E-state index is 13.6. The highest BCUT2D eigenvalue weighted by molar-refractivity contribution is 7.89. The van der Waals surface area contributed by atoms with Gasteiger partial charge in [-0.05, 0) is 69.6 Å². The van der Waals surface area contributed by atoms with Crippen LogP contribution in [0.5, 0.6) is 5.75 Å². The lowest BCUT2D eigenvalue weighted by Gasteiger charge is -2.38. The first kappa shape index (κ1) is 35.8. The van der Waals surface area contributed by atoms with Crippen molar-refractivity contribution in [3.8, 4) is 17.1 Å². The van der Waals surface area contributed by atoms with E-state index in [1.807, 2.05) is 20.8 Å². The molecule has 1 N–H and O–H groups in total. The normalized spacial score (nSPS) is 14.6. The van der Waals surface area contributed by atoms with E-state index < -0.39 is 21.2 Å². The van der Waals surface area contributed by atoms with Crippen molar-refractivity contribution in [3.63, 3.8) is 0 Å². The number of nitrogens with one attached hydrogen (secondary N) is 1. The molecule has 0 aliphatic carbocycles. The molecule has 0 saturated carbocycles. The monoisotopic (exact) mass is 676 g/mol. The fraction of sp³-hybridized carbons (Fsp3) is 0.613. The first-order valence-corrected chi connectivity index (χ1v) is 17.6. The van der Waals surface area contributed by atoms with Gasteiger partial charge in [-0.25, -0.2) is 13.4 Å². The first-order chi connectivity index (χ1) is 22.5. The van der Waals surface area contributed by atoms with Gasteiger partial charge < -0.3 is 19.3 Å². The molecule has 1 unspecified atom stereocenters. The van der Waals surface area contributed by atoms with Crippen LogP contribution >= 0.6 is 0 Å². The highest BCUT2D eigenvalue weighted by Crippen LogP contribution is 2.34. The Morgan fingerprint density at radius 3 is 2.64 bits per heavy atom. The molecule has 1 atom stereocenters. The molecule has 1 aliphatic rings. The van der Waals surface area contributed by atoms with Gasteiger partial charge in [0.2, 0.25) is 10.0 Å². The maximum absolute atomic E-state index is 13.6. The number of hydrogen-bond donors (Lipinski definition) is 1. The quantitative estimate of drug-likeness (QED) is 0.0830. The van der Waals surface area contributed by atoms with Crippen LogP contribution in [0.2, 0.25) is 0 Å². The van der Waals surface area contributed by atoms with Crippen molar-refractivity contribution in [1.82, 2.24) is 24.1 Å². The molecule has 0 bridgehead atoms. The van der Waals surface area contributed by atoms with E-state index in [0.717, 1.165) is 6.42 Å². The molecule has 258 valence electrons. The van der Waals surface area contributed by atoms with Gasteiger partial charge in [-0.3, -0.25) is 14.3 Å². The van der Waals surface area contributed by atoms with Crippen LogP contribution in [-0.4, -0.2) is 75.9 Å². The fourth-order valence-electron chi connectivity index (χ4n) is 5.69. The summed E-state index contributed by atoms with van der Waals surface area (Å²) in [5.74, 6) is 0.428. The molecule has 16 heteroatoms. The third-order valence-electron chi connectivity index (χ3n) is 8.18. The summed E-state index contributed by atoms with van der Waals surface area (Å²) in [6.07, 6.45) is 4.76. The molecule has 4 rings (SSSR count). The topological polar surface area (TPSA) is 189 Å². The van der Waals surface area contributed by atoms with Crippen molar-refractivity contribution >= 4 is 27.0 Å². The number of ether oxygens (including phenoxy) is 2. The summed E-state index contributed by atoms with van der Waals surface area (Å²) >= 11 is 0. The van der Waals surface area contributed by atoms with E-state index in [2.05, 4.69) is 14.9 Å². The number of unbranched alkanes of at least 4 members (excludes halogenated alkanes) is 1. The molecule has 1 saturated heterocycles. The Morgan fingerprint density at radius 1 is 1.19 bits per heavy atom. The summed E-state index contributed by atoms with van der Waals surface area (Å²) in [7, 11) is -2.13. The van der Waals surface area contributed by atoms with Gasteiger partial charge in [-0.15, -0.1) is 10.1 Å². The fourth-order valence-corrected chi connectivity index (χ4v) is 7.31. The zero-order valence-corrected chi connectivity index (χ0v) is 28.2. The van der Waals surface area contributed by atoms with Crippen LogP contribution in [-0.2, 0) is 37.9 Å². The second-order valence-corrected chi connectivity index (χ2v) is 13.6. The Morgan fingerprint density at radius 2 is 1.96 bits per heavy atom. The predicted octanol–water partition coefficient (Wildman–Crippen LogP) is 4.17. The van der Waals surface area contributed by atoms with E-state index in [4.69, 9.17) is 14.5 Å². The number of carbonyl (C=O) groups is 1. The van der Waals surface area contributed by atoms with Gasteiger partial charge in [0.05, 0.1) is 29.4 Å². The number of sulfonamides is 1. The summed E-state index contributed by atoms with van der Waals surface area (Å²) < 4.78 is 41.1. The van der Waals surface area contributed by atoms with Crippen LogP contribution in [0.15, 0.2) is 27.9 Å². The molecule has 1 fully saturated rings. The minimum atomic E-state index is -3.82. The Balaban J connectivity index is 1.32. The molecule has 0 amide bonds. The number of nitrogens with zero attached hydrogens (tertiary/aromatic N) is 5. The number of aryl methyl sites for hydroxylation is 2. The van der Waals surface area contributed by atoms with E-state index in [1.165, 1.54) is 21.1 Å². The standard InChI is InChI=1S/C31H44N6O9S/c1-5-11-25-28-29(35(4)34-25)31(39)33-30(32-28)24-18-23(15-16-26(24)44-7-3)47(42,43)36-19-21(20-36)12-10-17-45-27(38)14-9-8-13-22(6-2)46-37(40)41/h15-16,18,21-22H,5-14,17,19-20H2,1-4H3,(H,32,33,39). The number of fused-ring (bicyclic) bond motifs is 1. The highest BCUT2D eigenvalue weighted by Gasteiger charge is 2.37. The van der Waals surface area contributed by atoms with Crippen LogP contribution in [0.4, 0.5) is 0 Å². The molecule has 0 radical (unpaired) electrons. The third kappa shape index (κ3) is 8.86. The Labute approximate surface area is 273 Å². The second kappa shape index (κ2) is 16.2. The average molecular weight is 677 g/mol. The second-order valence-electron chi connectivity index (χ2n) is 11.7. The van der Waals surface area contributed by atoms with Crippen LogP contribution < -0.4 is 10.3 Å². The summed E-state index contributed by atoms with van der Waals surface area (Å²) in [5.41, 5.74) is 1.52. The van der Waals surface area contributed by atoms with Crippen LogP contribution in [0.3, 0.4) is 0 Å². The number of carbonyl (C=O) groups excluding carboxylic acids is 1. The summed E-state index contributed by atoms with van der Waals surface area (Å²) in [6.45, 7) is 6.92. The van der Waals surface area contributed by atoms with E-state index in [0.29, 0.717) is 92.7 Å². The van der Waals surface area contributed by atoms with E-state index in [1.54, 1.807) is 13.1 Å². The average Bonchev–Trinajstić information content (AvgIpc) is 3.32. The van der Waals surface area contributed by atoms with E-state index in [-0.39, 0.29) is 41.2 Å². The van der Waals surface area contributed by atoms with Crippen molar-refractivity contribution in [3.05, 3.63) is 44.4 Å². The van der Waals surface area contributed by atoms with Crippen LogP contribution in [0.25, 0.3) is 22.4 Å². The minimum Gasteiger partial charge on any atom is -0.493 e. The first-order valence-electron chi connectivity index (χ1n) is 16.2. The summed E-state index contributed by atoms with van der Waals surface area (Å²) in [6, 6.07) is 4.57. The largest absolute Gasteiger partial charge is 0.493 e. The molecule has 2 aromatic heterocycles. The zero-order valence-electron chi connectivity index (χ0n) is 27.4. The summed E-state index contributed by atoms with van der Waals surface area (Å²) in [5, 5.41) is 14.2. The lowest BCUT2D eigenvalue weighted by atomic mass is 9.98. The van der Waals surface area contributed by atoms with Gasteiger partial charge in [0, 0.05) is 26.6 Å². The molecular weight excluding hydrogens is 632 g/mol. The Hall–Kier alpha value is -4.05. The Bertz CT molecular complexity index is 1720. The van der Waals surface area contributed by atoms with Gasteiger partial charge in [0.1, 0.15) is 23.2 Å². The number of benzene rings is 1. The molecule has 3 aromatic rings. The summed E-state index contributed by atoms with van der Waals surface area (Å²) in [4.78, 5) is 47.7. The van der Waals surface area contributed by atoms with Gasteiger partial charge in [-0.2, -0.15) is 9.40 Å². The number of esters is 1. The third-order valence-corrected chi connectivity index (χ3v) is 10.0. The molecule has 1 aromatic carbocycles. The van der Waals surface area contributed by atoms with Crippen molar-refractivity contribution in [1.29, 1.82) is 0 Å². The van der Waals surface area contributed by atoms with Crippen molar-refractivity contribution in [2.75, 3.05) is 26.3 Å². The predicted molar refractivity (Wildman–Crippen MR) is 173 cm³/mol. The number of aromatic nitrogens is 4. The van der Waals surface area contributed by atoms with Gasteiger partial charge >= 0.3 is 5.97 Å². The number of rotatable bonds is 19. The van der Waals surface area contributed by atoms with Crippen LogP contribution in [0.1, 0.15) is 77.8 Å². The van der Waals surface area contributed by atoms with Crippen molar-refractivity contribution in [2.24, 2.45) is 13.0 Å². The van der Waals surface area contributed by atoms with Crippen LogP contribution in [0, 0.1) is 16.0 Å². The number of H-pyrrole nitrogens is 1. The molecule has 0 spiro atoms. The Kier molecular flexibility index (Phi) is 12.3. The van der Waals surface area contributed by atoms with Crippen molar-refractivity contribution in [2.45, 2.75) is 89.6 Å². The molecule has 3 heterocycles. The lowest BCUT2D eigenvalue weighted by Crippen LogP contribution is -2.49. The zero-order chi connectivity index (χ0) is 34.1. The van der Waals surface area contributed by atoms with E-state index >= 15 is 0 Å². The van der Waals surface area contributed by atoms with Gasteiger partial charge in [0.15, 0.2) is 5.52 Å². The molecule has 1 aliphatic heterocycles. The van der Waals surface area contributed by atoms with Gasteiger partial charge in [0.25, 0.3) is 10.6 Å².